The lowest BCUT2D eigenvalue weighted by molar-refractivity contribution is 0.0376. The Balaban J connectivity index is 2.71. The molecule has 0 radical (unpaired) electrons. The number of hydrogen-bond acceptors (Lipinski definition) is 3. The molecule has 3 N–H and O–H groups in total. The molecule has 90 valence electrons. The molecular formula is C12H18ClNOS. The van der Waals surface area contributed by atoms with Crippen LogP contribution >= 0.6 is 23.4 Å². The van der Waals surface area contributed by atoms with Gasteiger partial charge in [-0.3, -0.25) is 0 Å². The molecule has 1 aromatic rings. The maximum atomic E-state index is 10.1. The molecule has 0 aliphatic carbocycles. The van der Waals surface area contributed by atoms with Crippen LogP contribution in [0.15, 0.2) is 23.1 Å². The standard InChI is InChI=1S/C12H18ClNOS/c1-8(2)12(3,15)7-16-11-6-9(13)4-5-10(11)14/h4-6,8,15H,7,14H2,1-3H3. The van der Waals surface area contributed by atoms with Gasteiger partial charge in [-0.2, -0.15) is 0 Å². The fourth-order valence-electron chi connectivity index (χ4n) is 1.02. The summed E-state index contributed by atoms with van der Waals surface area (Å²) in [5.74, 6) is 0.815. The van der Waals surface area contributed by atoms with Crippen molar-refractivity contribution in [2.45, 2.75) is 31.3 Å². The summed E-state index contributed by atoms with van der Waals surface area (Å²) in [5, 5.41) is 10.8. The summed E-state index contributed by atoms with van der Waals surface area (Å²) in [6.07, 6.45) is 0. The van der Waals surface area contributed by atoms with Gasteiger partial charge in [-0.1, -0.05) is 25.4 Å². The van der Waals surface area contributed by atoms with E-state index < -0.39 is 5.60 Å². The Kier molecular flexibility index (Phi) is 4.53. The van der Waals surface area contributed by atoms with Crippen LogP contribution in [0.3, 0.4) is 0 Å². The van der Waals surface area contributed by atoms with Crippen molar-refractivity contribution in [1.82, 2.24) is 0 Å². The summed E-state index contributed by atoms with van der Waals surface area (Å²) >= 11 is 7.44. The molecule has 1 atom stereocenters. The smallest absolute Gasteiger partial charge is 0.0736 e. The highest BCUT2D eigenvalue weighted by Gasteiger charge is 2.25. The van der Waals surface area contributed by atoms with E-state index in [-0.39, 0.29) is 5.92 Å². The number of benzene rings is 1. The van der Waals surface area contributed by atoms with Gasteiger partial charge in [0.2, 0.25) is 0 Å². The molecule has 0 amide bonds. The molecule has 1 unspecified atom stereocenters. The highest BCUT2D eigenvalue weighted by Crippen LogP contribution is 2.32. The molecule has 0 heterocycles. The van der Waals surface area contributed by atoms with Crippen LogP contribution < -0.4 is 5.73 Å². The number of anilines is 1. The first kappa shape index (κ1) is 13.7. The van der Waals surface area contributed by atoms with E-state index in [0.29, 0.717) is 16.5 Å². The van der Waals surface area contributed by atoms with E-state index in [1.165, 1.54) is 11.8 Å². The van der Waals surface area contributed by atoms with E-state index in [2.05, 4.69) is 0 Å². The molecular weight excluding hydrogens is 242 g/mol. The number of nitrogen functional groups attached to an aromatic ring is 1. The number of nitrogens with two attached hydrogens (primary N) is 1. The van der Waals surface area contributed by atoms with Crippen LogP contribution in [-0.2, 0) is 0 Å². The normalized spacial score (nSPS) is 15.1. The zero-order chi connectivity index (χ0) is 12.3. The van der Waals surface area contributed by atoms with Gasteiger partial charge in [0.25, 0.3) is 0 Å². The van der Waals surface area contributed by atoms with Gasteiger partial charge in [0.1, 0.15) is 0 Å². The van der Waals surface area contributed by atoms with Gasteiger partial charge in [-0.15, -0.1) is 11.8 Å². The summed E-state index contributed by atoms with van der Waals surface area (Å²) in [5.41, 5.74) is 5.84. The maximum Gasteiger partial charge on any atom is 0.0736 e. The van der Waals surface area contributed by atoms with Gasteiger partial charge in [0.15, 0.2) is 0 Å². The molecule has 0 aliphatic heterocycles. The maximum absolute atomic E-state index is 10.1. The molecule has 16 heavy (non-hydrogen) atoms. The predicted molar refractivity (Wildman–Crippen MR) is 72.1 cm³/mol. The van der Waals surface area contributed by atoms with Crippen LogP contribution in [0.25, 0.3) is 0 Å². The summed E-state index contributed by atoms with van der Waals surface area (Å²) in [4.78, 5) is 0.924. The van der Waals surface area contributed by atoms with Crippen LogP contribution in [0.4, 0.5) is 5.69 Å². The van der Waals surface area contributed by atoms with Crippen molar-refractivity contribution >= 4 is 29.1 Å². The molecule has 0 saturated carbocycles. The van der Waals surface area contributed by atoms with Gasteiger partial charge in [-0.05, 0) is 31.0 Å². The lowest BCUT2D eigenvalue weighted by Crippen LogP contribution is -2.33. The first-order valence-corrected chi connectivity index (χ1v) is 6.59. The average Bonchev–Trinajstić information content (AvgIpc) is 2.19. The topological polar surface area (TPSA) is 46.2 Å². The third-order valence-corrected chi connectivity index (χ3v) is 4.37. The average molecular weight is 260 g/mol. The van der Waals surface area contributed by atoms with Gasteiger partial charge in [-0.25, -0.2) is 0 Å². The highest BCUT2D eigenvalue weighted by molar-refractivity contribution is 7.99. The minimum Gasteiger partial charge on any atom is -0.398 e. The Morgan fingerprint density at radius 1 is 1.50 bits per heavy atom. The Labute approximate surface area is 106 Å². The molecule has 0 spiro atoms. The molecule has 1 rings (SSSR count). The first-order chi connectivity index (χ1) is 7.33. The molecule has 0 saturated heterocycles. The van der Waals surface area contributed by atoms with Crippen molar-refractivity contribution < 1.29 is 5.11 Å². The second-order valence-corrected chi connectivity index (χ2v) is 5.94. The van der Waals surface area contributed by atoms with Crippen molar-refractivity contribution in [2.24, 2.45) is 5.92 Å². The lowest BCUT2D eigenvalue weighted by atomic mass is 9.95. The second kappa shape index (κ2) is 5.30. The van der Waals surface area contributed by atoms with Crippen molar-refractivity contribution in [3.05, 3.63) is 23.2 Å². The number of hydrogen-bond donors (Lipinski definition) is 2. The third-order valence-electron chi connectivity index (χ3n) is 2.74. The number of halogens is 1. The van der Waals surface area contributed by atoms with E-state index in [1.54, 1.807) is 12.1 Å². The van der Waals surface area contributed by atoms with Crippen molar-refractivity contribution in [1.29, 1.82) is 0 Å². The Bertz CT molecular complexity index is 366. The minimum absolute atomic E-state index is 0.209. The quantitative estimate of drug-likeness (QED) is 0.643. The molecule has 0 aliphatic rings. The molecule has 1 aromatic carbocycles. The number of thioether (sulfide) groups is 1. The van der Waals surface area contributed by atoms with E-state index in [0.717, 1.165) is 4.90 Å². The molecule has 0 bridgehead atoms. The van der Waals surface area contributed by atoms with Gasteiger partial charge < -0.3 is 10.8 Å². The second-order valence-electron chi connectivity index (χ2n) is 4.48. The minimum atomic E-state index is -0.695. The highest BCUT2D eigenvalue weighted by atomic mass is 35.5. The van der Waals surface area contributed by atoms with Crippen LogP contribution in [0.5, 0.6) is 0 Å². The molecule has 4 heteroatoms. The Morgan fingerprint density at radius 2 is 2.12 bits per heavy atom. The van der Waals surface area contributed by atoms with Crippen LogP contribution in [0.1, 0.15) is 20.8 Å². The van der Waals surface area contributed by atoms with E-state index in [4.69, 9.17) is 17.3 Å². The third kappa shape index (κ3) is 3.58. The fraction of sp³-hybridized carbons (Fsp3) is 0.500. The Hall–Kier alpha value is -0.380. The van der Waals surface area contributed by atoms with Gasteiger partial charge >= 0.3 is 0 Å². The number of aliphatic hydroxyl groups is 1. The summed E-state index contributed by atoms with van der Waals surface area (Å²) in [7, 11) is 0. The van der Waals surface area contributed by atoms with E-state index in [9.17, 15) is 5.11 Å². The summed E-state index contributed by atoms with van der Waals surface area (Å²) in [6.45, 7) is 5.84. The molecule has 0 aromatic heterocycles. The predicted octanol–water partition coefficient (Wildman–Crippen LogP) is 3.42. The summed E-state index contributed by atoms with van der Waals surface area (Å²) in [6, 6.07) is 5.38. The van der Waals surface area contributed by atoms with Gasteiger partial charge in [0.05, 0.1) is 5.60 Å². The lowest BCUT2D eigenvalue weighted by Gasteiger charge is -2.27. The van der Waals surface area contributed by atoms with Crippen LogP contribution in [-0.4, -0.2) is 16.5 Å². The summed E-state index contributed by atoms with van der Waals surface area (Å²) < 4.78 is 0. The SMILES string of the molecule is CC(C)C(C)(O)CSc1cc(Cl)ccc1N. The van der Waals surface area contributed by atoms with Crippen molar-refractivity contribution in [3.63, 3.8) is 0 Å². The van der Waals surface area contributed by atoms with Gasteiger partial charge in [0, 0.05) is 21.4 Å². The largest absolute Gasteiger partial charge is 0.398 e. The zero-order valence-corrected chi connectivity index (χ0v) is 11.4. The Morgan fingerprint density at radius 3 is 2.69 bits per heavy atom. The zero-order valence-electron chi connectivity index (χ0n) is 9.83. The van der Waals surface area contributed by atoms with Crippen LogP contribution in [0, 0.1) is 5.92 Å². The van der Waals surface area contributed by atoms with Crippen molar-refractivity contribution in [2.75, 3.05) is 11.5 Å². The fourth-order valence-corrected chi connectivity index (χ4v) is 2.49. The first-order valence-electron chi connectivity index (χ1n) is 5.23. The monoisotopic (exact) mass is 259 g/mol. The van der Waals surface area contributed by atoms with E-state index >= 15 is 0 Å². The molecule has 2 nitrogen and oxygen atoms in total. The van der Waals surface area contributed by atoms with Crippen LogP contribution in [0.2, 0.25) is 5.02 Å². The van der Waals surface area contributed by atoms with Crippen molar-refractivity contribution in [3.8, 4) is 0 Å². The van der Waals surface area contributed by atoms with E-state index in [1.807, 2.05) is 26.8 Å². The number of rotatable bonds is 4. The molecule has 0 fully saturated rings.